The summed E-state index contributed by atoms with van der Waals surface area (Å²) in [5.41, 5.74) is 2.70. The van der Waals surface area contributed by atoms with Crippen molar-refractivity contribution in [2.24, 2.45) is 0 Å². The molecule has 0 amide bonds. The summed E-state index contributed by atoms with van der Waals surface area (Å²) >= 11 is 0. The summed E-state index contributed by atoms with van der Waals surface area (Å²) in [5.74, 6) is 0.0592. The summed E-state index contributed by atoms with van der Waals surface area (Å²) in [6, 6.07) is 25.2. The second-order valence-corrected chi connectivity index (χ2v) is 9.98. The Hall–Kier alpha value is -2.75. The van der Waals surface area contributed by atoms with E-state index in [-0.39, 0.29) is 0 Å². The lowest BCUT2D eigenvalue weighted by atomic mass is 10.2. The molecule has 0 aromatic heterocycles. The first-order chi connectivity index (χ1) is 15.0. The third kappa shape index (κ3) is 5.30. The van der Waals surface area contributed by atoms with Crippen LogP contribution in [-0.4, -0.2) is 27.8 Å². The van der Waals surface area contributed by atoms with Crippen molar-refractivity contribution in [3.8, 4) is 5.75 Å². The second kappa shape index (κ2) is 10.5. The van der Waals surface area contributed by atoms with Crippen LogP contribution in [0.2, 0.25) is 0 Å². The molecule has 0 bridgehead atoms. The lowest BCUT2D eigenvalue weighted by Gasteiger charge is -2.31. The van der Waals surface area contributed by atoms with Gasteiger partial charge in [-0.15, -0.1) is 0 Å². The van der Waals surface area contributed by atoms with E-state index < -0.39 is 13.2 Å². The summed E-state index contributed by atoms with van der Waals surface area (Å²) in [4.78, 5) is 2.02. The fourth-order valence-corrected chi connectivity index (χ4v) is 5.93. The second-order valence-electron chi connectivity index (χ2n) is 7.50. The molecule has 0 saturated carbocycles. The molecule has 6 heteroatoms. The molecule has 3 aromatic rings. The summed E-state index contributed by atoms with van der Waals surface area (Å²) in [6.07, 6.45) is 0.768. The average Bonchev–Trinajstić information content (AvgIpc) is 2.81. The lowest BCUT2D eigenvalue weighted by molar-refractivity contribution is 0.314. The Morgan fingerprint density at radius 1 is 0.935 bits per heavy atom. The molecule has 0 aliphatic heterocycles. The van der Waals surface area contributed by atoms with Crippen LogP contribution in [0.15, 0.2) is 78.9 Å². The maximum atomic E-state index is 14.7. The fraction of sp³-hybridized carbons (Fsp3) is 0.280. The first-order valence-electron chi connectivity index (χ1n) is 10.5. The molecule has 2 unspecified atom stereocenters. The summed E-state index contributed by atoms with van der Waals surface area (Å²) in [5, 5.41) is 4.15. The topological polar surface area (TPSA) is 50.8 Å². The third-order valence-electron chi connectivity index (χ3n) is 5.06. The SMILES string of the molecule is CCCOP(=O)(c1ccc(N(C)C)cc1)C(Nc1ccccc1)c1ccccc1OC. The van der Waals surface area contributed by atoms with Gasteiger partial charge in [-0.2, -0.15) is 0 Å². The molecule has 2 atom stereocenters. The Bertz CT molecular complexity index is 1010. The monoisotopic (exact) mass is 438 g/mol. The van der Waals surface area contributed by atoms with Crippen LogP contribution < -0.4 is 20.3 Å². The first-order valence-corrected chi connectivity index (χ1v) is 12.2. The van der Waals surface area contributed by atoms with Crippen molar-refractivity contribution in [3.63, 3.8) is 0 Å². The van der Waals surface area contributed by atoms with Crippen molar-refractivity contribution < 1.29 is 13.8 Å². The van der Waals surface area contributed by atoms with E-state index in [1.165, 1.54) is 0 Å². The zero-order chi connectivity index (χ0) is 22.3. The van der Waals surface area contributed by atoms with E-state index in [9.17, 15) is 4.57 Å². The van der Waals surface area contributed by atoms with Crippen LogP contribution in [0.5, 0.6) is 5.75 Å². The molecule has 0 saturated heterocycles. The highest BCUT2D eigenvalue weighted by Crippen LogP contribution is 2.60. The van der Waals surface area contributed by atoms with Gasteiger partial charge in [-0.3, -0.25) is 4.57 Å². The molecule has 3 aromatic carbocycles. The molecule has 0 aliphatic carbocycles. The van der Waals surface area contributed by atoms with Gasteiger partial charge in [0, 0.05) is 36.3 Å². The van der Waals surface area contributed by atoms with Crippen molar-refractivity contribution in [1.29, 1.82) is 0 Å². The van der Waals surface area contributed by atoms with Crippen molar-refractivity contribution in [1.82, 2.24) is 0 Å². The van der Waals surface area contributed by atoms with E-state index in [0.29, 0.717) is 17.7 Å². The van der Waals surface area contributed by atoms with Gasteiger partial charge in [0.25, 0.3) is 7.37 Å². The van der Waals surface area contributed by atoms with Crippen molar-refractivity contribution in [2.45, 2.75) is 19.1 Å². The first kappa shape index (κ1) is 22.9. The van der Waals surface area contributed by atoms with Crippen molar-refractivity contribution in [3.05, 3.63) is 84.4 Å². The third-order valence-corrected chi connectivity index (χ3v) is 7.73. The number of hydrogen-bond donors (Lipinski definition) is 1. The number of para-hydroxylation sites is 2. The molecule has 1 N–H and O–H groups in total. The van der Waals surface area contributed by atoms with Gasteiger partial charge in [-0.1, -0.05) is 43.3 Å². The van der Waals surface area contributed by atoms with Gasteiger partial charge in [0.05, 0.1) is 13.7 Å². The van der Waals surface area contributed by atoms with Gasteiger partial charge in [0.1, 0.15) is 11.5 Å². The van der Waals surface area contributed by atoms with Crippen molar-refractivity contribution in [2.75, 3.05) is 38.0 Å². The minimum Gasteiger partial charge on any atom is -0.496 e. The summed E-state index contributed by atoms with van der Waals surface area (Å²) in [6.45, 7) is 2.41. The number of rotatable bonds is 10. The molecule has 0 radical (unpaired) electrons. The van der Waals surface area contributed by atoms with Crippen LogP contribution in [0, 0.1) is 0 Å². The quantitative estimate of drug-likeness (QED) is 0.399. The highest BCUT2D eigenvalue weighted by atomic mass is 31.2. The fourth-order valence-electron chi connectivity index (χ4n) is 3.41. The maximum Gasteiger partial charge on any atom is 0.258 e. The van der Waals surface area contributed by atoms with Gasteiger partial charge in [0.15, 0.2) is 0 Å². The highest BCUT2D eigenvalue weighted by Gasteiger charge is 2.39. The summed E-state index contributed by atoms with van der Waals surface area (Å²) < 4.78 is 26.5. The van der Waals surface area contributed by atoms with Crippen LogP contribution in [0.3, 0.4) is 0 Å². The van der Waals surface area contributed by atoms with E-state index in [4.69, 9.17) is 9.26 Å². The molecule has 0 aliphatic rings. The zero-order valence-corrected chi connectivity index (χ0v) is 19.5. The number of nitrogens with one attached hydrogen (secondary N) is 1. The van der Waals surface area contributed by atoms with E-state index in [1.807, 2.05) is 105 Å². The molecule has 164 valence electrons. The van der Waals surface area contributed by atoms with Crippen LogP contribution in [0.1, 0.15) is 24.7 Å². The van der Waals surface area contributed by atoms with Crippen LogP contribution >= 0.6 is 7.37 Å². The smallest absolute Gasteiger partial charge is 0.258 e. The zero-order valence-electron chi connectivity index (χ0n) is 18.6. The van der Waals surface area contributed by atoms with E-state index in [2.05, 4.69) is 5.32 Å². The van der Waals surface area contributed by atoms with Crippen LogP contribution in [-0.2, 0) is 9.09 Å². The number of methoxy groups -OCH3 is 1. The molecule has 0 fully saturated rings. The standard InChI is InChI=1S/C25H31N2O3P/c1-5-19-30-31(28,22-17-15-21(16-18-22)27(2)3)25(26-20-11-7-6-8-12-20)23-13-9-10-14-24(23)29-4/h6-18,25-26H,5,19H2,1-4H3. The van der Waals surface area contributed by atoms with Gasteiger partial charge in [-0.25, -0.2) is 0 Å². The number of ether oxygens (including phenoxy) is 1. The summed E-state index contributed by atoms with van der Waals surface area (Å²) in [7, 11) is 2.21. The Labute approximate surface area is 185 Å². The van der Waals surface area contributed by atoms with Crippen molar-refractivity contribution >= 4 is 24.0 Å². The molecular weight excluding hydrogens is 407 g/mol. The van der Waals surface area contributed by atoms with Crippen LogP contribution in [0.25, 0.3) is 0 Å². The predicted molar refractivity (Wildman–Crippen MR) is 130 cm³/mol. The number of nitrogens with zero attached hydrogens (tertiary/aromatic N) is 1. The Morgan fingerprint density at radius 2 is 1.58 bits per heavy atom. The van der Waals surface area contributed by atoms with E-state index >= 15 is 0 Å². The van der Waals surface area contributed by atoms with Gasteiger partial charge in [-0.05, 0) is 48.9 Å². The Morgan fingerprint density at radius 3 is 2.19 bits per heavy atom. The van der Waals surface area contributed by atoms with Gasteiger partial charge < -0.3 is 19.5 Å². The number of hydrogen-bond acceptors (Lipinski definition) is 5. The predicted octanol–water partition coefficient (Wildman–Crippen LogP) is 5.90. The highest BCUT2D eigenvalue weighted by molar-refractivity contribution is 7.67. The molecule has 3 rings (SSSR count). The van der Waals surface area contributed by atoms with Crippen LogP contribution in [0.4, 0.5) is 11.4 Å². The molecule has 0 heterocycles. The molecule has 31 heavy (non-hydrogen) atoms. The normalized spacial score (nSPS) is 13.8. The van der Waals surface area contributed by atoms with Gasteiger partial charge in [0.2, 0.25) is 0 Å². The average molecular weight is 439 g/mol. The largest absolute Gasteiger partial charge is 0.496 e. The minimum atomic E-state index is -3.39. The van der Waals surface area contributed by atoms with Gasteiger partial charge >= 0.3 is 0 Å². The Balaban J connectivity index is 2.15. The lowest BCUT2D eigenvalue weighted by Crippen LogP contribution is -2.21. The van der Waals surface area contributed by atoms with E-state index in [0.717, 1.165) is 23.4 Å². The molecule has 0 spiro atoms. The number of anilines is 2. The Kier molecular flexibility index (Phi) is 7.78. The number of benzene rings is 3. The van der Waals surface area contributed by atoms with E-state index in [1.54, 1.807) is 7.11 Å². The minimum absolute atomic E-state index is 0.398. The molecule has 5 nitrogen and oxygen atoms in total. The molecular formula is C25H31N2O3P. The maximum absolute atomic E-state index is 14.7.